The van der Waals surface area contributed by atoms with E-state index in [1.165, 1.54) is 57.4 Å². The van der Waals surface area contributed by atoms with Crippen molar-refractivity contribution >= 4 is 0 Å². The molecule has 0 atom stereocenters. The summed E-state index contributed by atoms with van der Waals surface area (Å²) >= 11 is 0. The first-order valence-corrected chi connectivity index (χ1v) is 16.7. The molecule has 0 N–H and O–H groups in total. The average Bonchev–Trinajstić information content (AvgIpc) is 3.03. The molecule has 2 aromatic carbocycles. The normalized spacial score (nSPS) is 27.4. The Kier molecular flexibility index (Phi) is 11.6. The number of benzene rings is 2. The van der Waals surface area contributed by atoms with Crippen LogP contribution in [0.25, 0.3) is 0 Å². The van der Waals surface area contributed by atoms with E-state index in [9.17, 15) is 30.7 Å². The lowest BCUT2D eigenvalue weighted by Crippen LogP contribution is -2.37. The van der Waals surface area contributed by atoms with E-state index in [4.69, 9.17) is 9.47 Å². The average molecular weight is 679 g/mol. The Labute approximate surface area is 270 Å². The Morgan fingerprint density at radius 2 is 1.36 bits per heavy atom. The fraction of sp³-hybridized carbons (Fsp3) is 0.657. The van der Waals surface area contributed by atoms with Gasteiger partial charge in [-0.05, 0) is 67.9 Å². The van der Waals surface area contributed by atoms with Gasteiger partial charge in [0.2, 0.25) is 5.75 Å². The van der Waals surface area contributed by atoms with Crippen LogP contribution in [0.3, 0.4) is 0 Å². The lowest BCUT2D eigenvalue weighted by molar-refractivity contribution is -0.276. The van der Waals surface area contributed by atoms with Crippen LogP contribution in [0.4, 0.5) is 35.1 Å². The largest absolute Gasteiger partial charge is 0.573 e. The van der Waals surface area contributed by atoms with Gasteiger partial charge >= 0.3 is 12.5 Å². The van der Waals surface area contributed by atoms with Gasteiger partial charge in [-0.25, -0.2) is 13.2 Å². The molecule has 4 nitrogen and oxygen atoms in total. The van der Waals surface area contributed by atoms with Gasteiger partial charge in [-0.15, -0.1) is 13.2 Å². The van der Waals surface area contributed by atoms with E-state index in [-0.39, 0.29) is 43.7 Å². The highest BCUT2D eigenvalue weighted by Crippen LogP contribution is 2.45. The lowest BCUT2D eigenvalue weighted by Gasteiger charge is -2.38. The maximum Gasteiger partial charge on any atom is 0.573 e. The van der Waals surface area contributed by atoms with Crippen molar-refractivity contribution in [2.75, 3.05) is 13.2 Å². The van der Waals surface area contributed by atoms with Gasteiger partial charge in [0.1, 0.15) is 11.6 Å². The summed E-state index contributed by atoms with van der Waals surface area (Å²) in [7, 11) is 0. The van der Waals surface area contributed by atoms with Crippen LogP contribution in [0.15, 0.2) is 30.3 Å². The summed E-state index contributed by atoms with van der Waals surface area (Å²) in [5, 5.41) is 0. The monoisotopic (exact) mass is 678 g/mol. The van der Waals surface area contributed by atoms with Gasteiger partial charge in [-0.2, -0.15) is 8.78 Å². The fourth-order valence-electron chi connectivity index (χ4n) is 7.42. The van der Waals surface area contributed by atoms with E-state index in [0.717, 1.165) is 5.92 Å². The molecule has 47 heavy (non-hydrogen) atoms. The van der Waals surface area contributed by atoms with Gasteiger partial charge < -0.3 is 18.9 Å². The molecular weight excluding hydrogens is 636 g/mol. The Morgan fingerprint density at radius 3 is 1.94 bits per heavy atom. The molecule has 3 aliphatic rings. The molecule has 2 aliphatic carbocycles. The number of ether oxygens (including phenoxy) is 4. The van der Waals surface area contributed by atoms with Crippen molar-refractivity contribution in [2.24, 2.45) is 23.7 Å². The smallest absolute Gasteiger partial charge is 0.432 e. The first-order chi connectivity index (χ1) is 22.3. The van der Waals surface area contributed by atoms with Crippen molar-refractivity contribution in [1.29, 1.82) is 0 Å². The summed E-state index contributed by atoms with van der Waals surface area (Å²) in [4.78, 5) is 0. The second-order valence-corrected chi connectivity index (χ2v) is 13.3. The highest BCUT2D eigenvalue weighted by atomic mass is 19.4. The summed E-state index contributed by atoms with van der Waals surface area (Å²) < 4.78 is 130. The second kappa shape index (κ2) is 15.3. The molecule has 2 saturated carbocycles. The molecule has 0 amide bonds. The Morgan fingerprint density at radius 1 is 0.723 bits per heavy atom. The summed E-state index contributed by atoms with van der Waals surface area (Å²) in [6, 6.07) is 5.17. The number of halogens is 8. The Balaban J connectivity index is 1.10. The molecule has 0 unspecified atom stereocenters. The summed E-state index contributed by atoms with van der Waals surface area (Å²) in [6.45, 7) is 3.35. The Bertz CT molecular complexity index is 1290. The Hall–Kier alpha value is -2.60. The van der Waals surface area contributed by atoms with Crippen LogP contribution in [0.5, 0.6) is 11.5 Å². The molecule has 0 radical (unpaired) electrons. The number of unbranched alkanes of at least 4 members (excludes halogenated alkanes) is 2. The molecule has 5 rings (SSSR count). The van der Waals surface area contributed by atoms with Crippen molar-refractivity contribution in [3.63, 3.8) is 0 Å². The molecule has 2 aromatic rings. The predicted octanol–water partition coefficient (Wildman–Crippen LogP) is 11.0. The van der Waals surface area contributed by atoms with E-state index in [1.54, 1.807) is 12.1 Å². The minimum Gasteiger partial charge on any atom is -0.432 e. The molecule has 12 heteroatoms. The first-order valence-electron chi connectivity index (χ1n) is 16.7. The van der Waals surface area contributed by atoms with Crippen molar-refractivity contribution in [2.45, 2.75) is 109 Å². The van der Waals surface area contributed by atoms with Crippen LogP contribution < -0.4 is 9.47 Å². The SMILES string of the molecule is CCCCCC1CCC(C2COC(c3ccc(C4CCC(C(F)(F)Oc5cc(F)c(OC(F)(F)F)c(F)c5)CC4)c(F)c3)OC2)CC1. The molecule has 1 heterocycles. The van der Waals surface area contributed by atoms with Crippen molar-refractivity contribution in [1.82, 2.24) is 0 Å². The van der Waals surface area contributed by atoms with E-state index in [2.05, 4.69) is 16.4 Å². The molecular formula is C35H42F8O4. The molecule has 1 saturated heterocycles. The zero-order valence-corrected chi connectivity index (χ0v) is 26.4. The number of hydrogen-bond acceptors (Lipinski definition) is 4. The van der Waals surface area contributed by atoms with Gasteiger partial charge in [0, 0.05) is 23.6 Å². The van der Waals surface area contributed by atoms with Crippen molar-refractivity contribution < 1.29 is 54.1 Å². The van der Waals surface area contributed by atoms with Gasteiger partial charge in [-0.3, -0.25) is 0 Å². The molecule has 0 spiro atoms. The van der Waals surface area contributed by atoms with E-state index in [0.29, 0.717) is 36.2 Å². The summed E-state index contributed by atoms with van der Waals surface area (Å²) in [5.41, 5.74) is 0.953. The van der Waals surface area contributed by atoms with Crippen LogP contribution in [0, 0.1) is 41.1 Å². The second-order valence-electron chi connectivity index (χ2n) is 13.3. The van der Waals surface area contributed by atoms with Crippen LogP contribution in [0.2, 0.25) is 0 Å². The van der Waals surface area contributed by atoms with Crippen LogP contribution in [-0.2, 0) is 9.47 Å². The number of rotatable bonds is 11. The maximum atomic E-state index is 15.3. The number of hydrogen-bond donors (Lipinski definition) is 0. The van der Waals surface area contributed by atoms with Crippen LogP contribution >= 0.6 is 0 Å². The topological polar surface area (TPSA) is 36.9 Å². The minimum atomic E-state index is -5.38. The van der Waals surface area contributed by atoms with Crippen LogP contribution in [0.1, 0.15) is 107 Å². The quantitative estimate of drug-likeness (QED) is 0.175. The highest BCUT2D eigenvalue weighted by Gasteiger charge is 2.45. The standard InChI is InChI=1S/C35H42F8O4/c1-2-3-4-5-21-6-8-22(9-7-21)25-19-44-33(45-20-25)24-12-15-28(29(36)16-24)23-10-13-26(14-11-23)34(39,40)46-27-17-30(37)32(31(38)18-27)47-35(41,42)43/h12,15-18,21-23,25-26,33H,2-11,13-14,19-20H2,1H3. The van der Waals surface area contributed by atoms with Crippen molar-refractivity contribution in [3.8, 4) is 11.5 Å². The first kappa shape index (κ1) is 35.7. The third-order valence-corrected chi connectivity index (χ3v) is 10.1. The molecule has 0 aromatic heterocycles. The van der Waals surface area contributed by atoms with Crippen molar-refractivity contribution in [3.05, 3.63) is 58.9 Å². The highest BCUT2D eigenvalue weighted by molar-refractivity contribution is 5.35. The third kappa shape index (κ3) is 9.31. The molecule has 3 fully saturated rings. The van der Waals surface area contributed by atoms with Gasteiger partial charge in [0.15, 0.2) is 17.9 Å². The molecule has 0 bridgehead atoms. The lowest BCUT2D eigenvalue weighted by atomic mass is 9.74. The minimum absolute atomic E-state index is 0.0734. The molecule has 262 valence electrons. The van der Waals surface area contributed by atoms with Gasteiger partial charge in [-0.1, -0.05) is 57.6 Å². The summed E-state index contributed by atoms with van der Waals surface area (Å²) in [6.07, 6.45) is 0.405. The van der Waals surface area contributed by atoms with Gasteiger partial charge in [0.05, 0.1) is 19.1 Å². The zero-order chi connectivity index (χ0) is 33.8. The zero-order valence-electron chi connectivity index (χ0n) is 26.4. The fourth-order valence-corrected chi connectivity index (χ4v) is 7.42. The summed E-state index contributed by atoms with van der Waals surface area (Å²) in [5.74, 6) is -6.86. The maximum absolute atomic E-state index is 15.3. The van der Waals surface area contributed by atoms with E-state index in [1.807, 2.05) is 0 Å². The van der Waals surface area contributed by atoms with E-state index >= 15 is 4.39 Å². The molecule has 1 aliphatic heterocycles. The third-order valence-electron chi connectivity index (χ3n) is 10.1. The predicted molar refractivity (Wildman–Crippen MR) is 157 cm³/mol. The number of alkyl halides is 5. The van der Waals surface area contributed by atoms with Crippen LogP contribution in [-0.4, -0.2) is 25.7 Å². The van der Waals surface area contributed by atoms with E-state index < -0.39 is 53.6 Å². The van der Waals surface area contributed by atoms with Gasteiger partial charge in [0.25, 0.3) is 0 Å².